The third-order valence-corrected chi connectivity index (χ3v) is 2.19. The summed E-state index contributed by atoms with van der Waals surface area (Å²) in [6.45, 7) is 1.32. The molecule has 7 heteroatoms. The van der Waals surface area contributed by atoms with Crippen LogP contribution < -0.4 is 10.6 Å². The highest BCUT2D eigenvalue weighted by molar-refractivity contribution is 6.31. The Kier molecular flexibility index (Phi) is 4.28. The Balaban J connectivity index is 2.62. The summed E-state index contributed by atoms with van der Waals surface area (Å²) >= 11 is 5.51. The normalized spacial score (nSPS) is 11.7. The fourth-order valence-electron chi connectivity index (χ4n) is 0.999. The van der Waals surface area contributed by atoms with E-state index in [-0.39, 0.29) is 10.7 Å². The summed E-state index contributed by atoms with van der Waals surface area (Å²) in [7, 11) is 0. The predicted octanol–water partition coefficient (Wildman–Crippen LogP) is 2.07. The van der Waals surface area contributed by atoms with Crippen molar-refractivity contribution in [2.24, 2.45) is 0 Å². The second kappa shape index (κ2) is 5.49. The molecule has 0 saturated heterocycles. The zero-order valence-corrected chi connectivity index (χ0v) is 9.58. The number of carbonyl (C=O) groups is 2. The van der Waals surface area contributed by atoms with Crippen LogP contribution in [0.4, 0.5) is 14.9 Å². The molecule has 0 unspecified atom stereocenters. The lowest BCUT2D eigenvalue weighted by atomic mass is 10.3. The van der Waals surface area contributed by atoms with Crippen LogP contribution in [0.25, 0.3) is 0 Å². The maximum Gasteiger partial charge on any atom is 0.325 e. The highest BCUT2D eigenvalue weighted by Gasteiger charge is 2.13. The number of carboxylic acids is 1. The lowest BCUT2D eigenvalue weighted by Crippen LogP contribution is -2.40. The van der Waals surface area contributed by atoms with Crippen LogP contribution in [0.5, 0.6) is 0 Å². The maximum absolute atomic E-state index is 12.8. The zero-order valence-electron chi connectivity index (χ0n) is 8.83. The van der Waals surface area contributed by atoms with Crippen molar-refractivity contribution in [3.05, 3.63) is 29.0 Å². The van der Waals surface area contributed by atoms with Crippen molar-refractivity contribution in [3.63, 3.8) is 0 Å². The van der Waals surface area contributed by atoms with E-state index in [1.165, 1.54) is 19.1 Å². The number of carbonyl (C=O) groups excluding carboxylic acids is 1. The van der Waals surface area contributed by atoms with Crippen molar-refractivity contribution in [2.75, 3.05) is 5.32 Å². The number of carboxylic acid groups (broad SMARTS) is 1. The highest BCUT2D eigenvalue weighted by atomic mass is 35.5. The number of hydrogen-bond acceptors (Lipinski definition) is 2. The Morgan fingerprint density at radius 3 is 2.65 bits per heavy atom. The highest BCUT2D eigenvalue weighted by Crippen LogP contribution is 2.19. The second-order valence-electron chi connectivity index (χ2n) is 3.29. The van der Waals surface area contributed by atoms with Crippen LogP contribution in [0.2, 0.25) is 5.02 Å². The van der Waals surface area contributed by atoms with Crippen LogP contribution in [0.3, 0.4) is 0 Å². The van der Waals surface area contributed by atoms with Gasteiger partial charge in [0, 0.05) is 5.69 Å². The predicted molar refractivity (Wildman–Crippen MR) is 60.7 cm³/mol. The minimum Gasteiger partial charge on any atom is -0.480 e. The Bertz CT molecular complexity index is 453. The van der Waals surface area contributed by atoms with Crippen LogP contribution in [0.15, 0.2) is 18.2 Å². The quantitative estimate of drug-likeness (QED) is 0.778. The summed E-state index contributed by atoms with van der Waals surface area (Å²) in [5.41, 5.74) is 0.270. The molecule has 0 aromatic heterocycles. The van der Waals surface area contributed by atoms with Crippen molar-refractivity contribution < 1.29 is 19.1 Å². The third kappa shape index (κ3) is 3.92. The van der Waals surface area contributed by atoms with E-state index in [2.05, 4.69) is 10.6 Å². The summed E-state index contributed by atoms with van der Waals surface area (Å²) in [5, 5.41) is 12.9. The van der Waals surface area contributed by atoms with Gasteiger partial charge < -0.3 is 15.7 Å². The first-order chi connectivity index (χ1) is 7.90. The molecule has 3 N–H and O–H groups in total. The molecule has 17 heavy (non-hydrogen) atoms. The van der Waals surface area contributed by atoms with Crippen molar-refractivity contribution in [1.29, 1.82) is 0 Å². The lowest BCUT2D eigenvalue weighted by molar-refractivity contribution is -0.138. The Morgan fingerprint density at radius 1 is 1.47 bits per heavy atom. The molecule has 1 rings (SSSR count). The first-order valence-electron chi connectivity index (χ1n) is 4.65. The molecule has 0 spiro atoms. The first-order valence-corrected chi connectivity index (χ1v) is 5.03. The average Bonchev–Trinajstić information content (AvgIpc) is 2.23. The van der Waals surface area contributed by atoms with Gasteiger partial charge in [-0.1, -0.05) is 11.6 Å². The van der Waals surface area contributed by atoms with Gasteiger partial charge in [-0.3, -0.25) is 4.79 Å². The fourth-order valence-corrected chi connectivity index (χ4v) is 1.18. The van der Waals surface area contributed by atoms with Crippen LogP contribution in [-0.2, 0) is 4.79 Å². The van der Waals surface area contributed by atoms with Crippen LogP contribution >= 0.6 is 11.6 Å². The van der Waals surface area contributed by atoms with Gasteiger partial charge in [0.05, 0.1) is 5.02 Å². The maximum atomic E-state index is 12.8. The molecule has 5 nitrogen and oxygen atoms in total. The van der Waals surface area contributed by atoms with E-state index in [0.29, 0.717) is 0 Å². The standard InChI is InChI=1S/C10H10ClFN2O3/c1-5(9(15)16)13-10(17)14-6-2-3-8(12)7(11)4-6/h2-5H,1H3,(H,15,16)(H2,13,14,17)/t5-/m1/s1. The molecule has 1 aromatic rings. The molecular weight excluding hydrogens is 251 g/mol. The van der Waals surface area contributed by atoms with Crippen molar-refractivity contribution in [2.45, 2.75) is 13.0 Å². The van der Waals surface area contributed by atoms with Gasteiger partial charge in [0.15, 0.2) is 0 Å². The van der Waals surface area contributed by atoms with Gasteiger partial charge in [-0.05, 0) is 25.1 Å². The van der Waals surface area contributed by atoms with Crippen LogP contribution in [-0.4, -0.2) is 23.1 Å². The van der Waals surface area contributed by atoms with E-state index in [1.807, 2.05) is 0 Å². The molecule has 0 heterocycles. The average molecular weight is 261 g/mol. The number of halogens is 2. The van der Waals surface area contributed by atoms with Gasteiger partial charge in [-0.2, -0.15) is 0 Å². The summed E-state index contributed by atoms with van der Waals surface area (Å²) in [4.78, 5) is 21.8. The summed E-state index contributed by atoms with van der Waals surface area (Å²) in [5.74, 6) is -1.76. The summed E-state index contributed by atoms with van der Waals surface area (Å²) in [6, 6.07) is 1.90. The monoisotopic (exact) mass is 260 g/mol. The van der Waals surface area contributed by atoms with Gasteiger partial charge in [-0.25, -0.2) is 9.18 Å². The van der Waals surface area contributed by atoms with Crippen LogP contribution in [0, 0.1) is 5.82 Å². The number of anilines is 1. The van der Waals surface area contributed by atoms with Gasteiger partial charge in [-0.15, -0.1) is 0 Å². The van der Waals surface area contributed by atoms with E-state index < -0.39 is 23.9 Å². The van der Waals surface area contributed by atoms with E-state index in [0.717, 1.165) is 6.07 Å². The van der Waals surface area contributed by atoms with Crippen molar-refractivity contribution in [1.82, 2.24) is 5.32 Å². The number of nitrogens with one attached hydrogen (secondary N) is 2. The summed E-state index contributed by atoms with van der Waals surface area (Å²) in [6.07, 6.45) is 0. The Labute approximate surface area is 102 Å². The van der Waals surface area contributed by atoms with Gasteiger partial charge in [0.25, 0.3) is 0 Å². The minimum absolute atomic E-state index is 0.130. The molecule has 2 amide bonds. The molecule has 0 aliphatic carbocycles. The van der Waals surface area contributed by atoms with Crippen LogP contribution in [0.1, 0.15) is 6.92 Å². The lowest BCUT2D eigenvalue weighted by Gasteiger charge is -2.10. The molecule has 92 valence electrons. The van der Waals surface area contributed by atoms with Gasteiger partial charge in [0.1, 0.15) is 11.9 Å². The molecular formula is C10H10ClFN2O3. The number of aliphatic carboxylic acids is 1. The van der Waals surface area contributed by atoms with E-state index in [9.17, 15) is 14.0 Å². The number of amides is 2. The van der Waals surface area contributed by atoms with E-state index >= 15 is 0 Å². The minimum atomic E-state index is -1.16. The number of benzene rings is 1. The van der Waals surface area contributed by atoms with E-state index in [1.54, 1.807) is 0 Å². The smallest absolute Gasteiger partial charge is 0.325 e. The molecule has 0 aliphatic heterocycles. The van der Waals surface area contributed by atoms with Gasteiger partial charge >= 0.3 is 12.0 Å². The molecule has 0 fully saturated rings. The number of hydrogen-bond donors (Lipinski definition) is 3. The molecule has 0 bridgehead atoms. The summed E-state index contributed by atoms with van der Waals surface area (Å²) < 4.78 is 12.8. The van der Waals surface area contributed by atoms with Crippen molar-refractivity contribution in [3.8, 4) is 0 Å². The largest absolute Gasteiger partial charge is 0.480 e. The Hall–Kier alpha value is -1.82. The molecule has 0 radical (unpaired) electrons. The van der Waals surface area contributed by atoms with E-state index in [4.69, 9.17) is 16.7 Å². The second-order valence-corrected chi connectivity index (χ2v) is 3.69. The first kappa shape index (κ1) is 13.2. The number of rotatable bonds is 3. The number of urea groups is 1. The Morgan fingerprint density at radius 2 is 2.12 bits per heavy atom. The molecule has 1 atom stereocenters. The van der Waals surface area contributed by atoms with Gasteiger partial charge in [0.2, 0.25) is 0 Å². The molecule has 1 aromatic carbocycles. The molecule has 0 aliphatic rings. The molecule has 0 saturated carbocycles. The SMILES string of the molecule is C[C@@H](NC(=O)Nc1ccc(F)c(Cl)c1)C(=O)O. The fraction of sp³-hybridized carbons (Fsp3) is 0.200. The topological polar surface area (TPSA) is 78.4 Å². The third-order valence-electron chi connectivity index (χ3n) is 1.90. The zero-order chi connectivity index (χ0) is 13.0. The van der Waals surface area contributed by atoms with Crippen molar-refractivity contribution >= 4 is 29.3 Å².